The number of carbonyl (C=O) groups is 2. The molecule has 0 radical (unpaired) electrons. The fourth-order valence-corrected chi connectivity index (χ4v) is 5.26. The van der Waals surface area contributed by atoms with Crippen LogP contribution in [0.4, 0.5) is 4.79 Å². The molecule has 0 atom stereocenters. The minimum atomic E-state index is -3.49. The number of methoxy groups -OCH3 is 1. The van der Waals surface area contributed by atoms with E-state index in [1.54, 1.807) is 17.0 Å². The molecule has 30 heavy (non-hydrogen) atoms. The molecule has 3 rings (SSSR count). The third kappa shape index (κ3) is 5.50. The monoisotopic (exact) mass is 438 g/mol. The minimum Gasteiger partial charge on any atom is -0.453 e. The van der Waals surface area contributed by atoms with Crippen molar-refractivity contribution in [1.82, 2.24) is 19.4 Å². The Morgan fingerprint density at radius 2 is 1.60 bits per heavy atom. The SMILES string of the molecule is COC(=O)N1CCN(CCNC(=O)c2ccc(S(=O)(=O)N3CCCCC3)cc2)CC1. The highest BCUT2D eigenvalue weighted by molar-refractivity contribution is 7.89. The first-order valence-electron chi connectivity index (χ1n) is 10.4. The number of nitrogens with zero attached hydrogens (tertiary/aromatic N) is 3. The Bertz CT molecular complexity index is 829. The first kappa shape index (κ1) is 22.5. The second-order valence-corrected chi connectivity index (χ2v) is 9.48. The van der Waals surface area contributed by atoms with Gasteiger partial charge in [-0.1, -0.05) is 6.42 Å². The number of benzene rings is 1. The molecule has 166 valence electrons. The van der Waals surface area contributed by atoms with Gasteiger partial charge in [0, 0.05) is 57.9 Å². The predicted octanol–water partition coefficient (Wildman–Crippen LogP) is 0.975. The van der Waals surface area contributed by atoms with Gasteiger partial charge in [0.05, 0.1) is 12.0 Å². The van der Waals surface area contributed by atoms with Crippen LogP contribution in [-0.4, -0.2) is 94.0 Å². The van der Waals surface area contributed by atoms with Crippen LogP contribution >= 0.6 is 0 Å². The normalized spacial score (nSPS) is 18.8. The van der Waals surface area contributed by atoms with Crippen molar-refractivity contribution in [3.05, 3.63) is 29.8 Å². The zero-order valence-corrected chi connectivity index (χ0v) is 18.2. The number of hydrogen-bond acceptors (Lipinski definition) is 6. The van der Waals surface area contributed by atoms with E-state index in [0.717, 1.165) is 32.4 Å². The summed E-state index contributed by atoms with van der Waals surface area (Å²) >= 11 is 0. The molecular formula is C20H30N4O5S. The van der Waals surface area contributed by atoms with Crippen LogP contribution in [-0.2, 0) is 14.8 Å². The van der Waals surface area contributed by atoms with Gasteiger partial charge in [-0.05, 0) is 37.1 Å². The van der Waals surface area contributed by atoms with E-state index >= 15 is 0 Å². The number of carbonyl (C=O) groups excluding carboxylic acids is 2. The van der Waals surface area contributed by atoms with Crippen molar-refractivity contribution in [2.45, 2.75) is 24.2 Å². The van der Waals surface area contributed by atoms with Gasteiger partial charge in [0.15, 0.2) is 0 Å². The fraction of sp³-hybridized carbons (Fsp3) is 0.600. The van der Waals surface area contributed by atoms with Crippen LogP contribution in [0, 0.1) is 0 Å². The Morgan fingerprint density at radius 3 is 2.20 bits per heavy atom. The Labute approximate surface area is 178 Å². The Balaban J connectivity index is 1.45. The minimum absolute atomic E-state index is 0.226. The second kappa shape index (κ2) is 10.2. The maximum atomic E-state index is 12.7. The largest absolute Gasteiger partial charge is 0.453 e. The van der Waals surface area contributed by atoms with Gasteiger partial charge in [0.1, 0.15) is 0 Å². The van der Waals surface area contributed by atoms with Crippen molar-refractivity contribution in [2.75, 3.05) is 59.5 Å². The van der Waals surface area contributed by atoms with Crippen LogP contribution in [0.2, 0.25) is 0 Å². The molecule has 0 spiro atoms. The lowest BCUT2D eigenvalue weighted by molar-refractivity contribution is 0.0885. The van der Waals surface area contributed by atoms with Crippen molar-refractivity contribution in [1.29, 1.82) is 0 Å². The van der Waals surface area contributed by atoms with Crippen LogP contribution in [0.5, 0.6) is 0 Å². The lowest BCUT2D eigenvalue weighted by Gasteiger charge is -2.33. The average Bonchev–Trinajstić information content (AvgIpc) is 2.79. The molecule has 2 aliphatic rings. The van der Waals surface area contributed by atoms with Gasteiger partial charge in [-0.25, -0.2) is 13.2 Å². The van der Waals surface area contributed by atoms with Crippen molar-refractivity contribution < 1.29 is 22.7 Å². The van der Waals surface area contributed by atoms with Gasteiger partial charge in [0.25, 0.3) is 5.91 Å². The summed E-state index contributed by atoms with van der Waals surface area (Å²) in [5.41, 5.74) is 0.433. The number of ether oxygens (including phenoxy) is 1. The van der Waals surface area contributed by atoms with Crippen molar-refractivity contribution in [2.24, 2.45) is 0 Å². The average molecular weight is 439 g/mol. The van der Waals surface area contributed by atoms with Crippen LogP contribution in [0.15, 0.2) is 29.2 Å². The molecule has 2 heterocycles. The first-order chi connectivity index (χ1) is 14.4. The molecule has 2 fully saturated rings. The number of piperazine rings is 1. The molecule has 10 heteroatoms. The zero-order chi connectivity index (χ0) is 21.6. The first-order valence-corrected chi connectivity index (χ1v) is 11.8. The molecule has 2 aliphatic heterocycles. The second-order valence-electron chi connectivity index (χ2n) is 7.54. The number of amides is 2. The van der Waals surface area contributed by atoms with Gasteiger partial charge < -0.3 is 15.0 Å². The van der Waals surface area contributed by atoms with E-state index < -0.39 is 10.0 Å². The lowest BCUT2D eigenvalue weighted by atomic mass is 10.2. The number of rotatable bonds is 6. The quantitative estimate of drug-likeness (QED) is 0.711. The molecule has 1 aromatic carbocycles. The molecular weight excluding hydrogens is 408 g/mol. The molecule has 0 aromatic heterocycles. The molecule has 0 bridgehead atoms. The summed E-state index contributed by atoms with van der Waals surface area (Å²) in [5.74, 6) is -0.231. The Hall–Kier alpha value is -2.17. The predicted molar refractivity (Wildman–Crippen MR) is 112 cm³/mol. The summed E-state index contributed by atoms with van der Waals surface area (Å²) in [5, 5.41) is 2.87. The summed E-state index contributed by atoms with van der Waals surface area (Å²) in [7, 11) is -2.12. The Kier molecular flexibility index (Phi) is 7.68. The standard InChI is InChI=1S/C20H30N4O5S/c1-29-20(26)23-15-13-22(14-16-23)12-9-21-19(25)17-5-7-18(8-6-17)30(27,28)24-10-3-2-4-11-24/h5-8H,2-4,9-16H2,1H3,(H,21,25). The highest BCUT2D eigenvalue weighted by atomic mass is 32.2. The molecule has 0 saturated carbocycles. The van der Waals surface area contributed by atoms with E-state index in [1.807, 2.05) is 0 Å². The number of sulfonamides is 1. The van der Waals surface area contributed by atoms with Crippen LogP contribution in [0.1, 0.15) is 29.6 Å². The van der Waals surface area contributed by atoms with Gasteiger partial charge in [-0.15, -0.1) is 0 Å². The van der Waals surface area contributed by atoms with Crippen LogP contribution in [0.3, 0.4) is 0 Å². The van der Waals surface area contributed by atoms with Crippen LogP contribution < -0.4 is 5.32 Å². The number of nitrogens with one attached hydrogen (secondary N) is 1. The van der Waals surface area contributed by atoms with Crippen LogP contribution in [0.25, 0.3) is 0 Å². The summed E-state index contributed by atoms with van der Waals surface area (Å²) in [6.07, 6.45) is 2.52. The molecule has 9 nitrogen and oxygen atoms in total. The smallest absolute Gasteiger partial charge is 0.409 e. The van der Waals surface area contributed by atoms with E-state index in [9.17, 15) is 18.0 Å². The topological polar surface area (TPSA) is 99.3 Å². The Morgan fingerprint density at radius 1 is 0.967 bits per heavy atom. The van der Waals surface area contributed by atoms with Gasteiger partial charge in [-0.2, -0.15) is 4.31 Å². The molecule has 1 N–H and O–H groups in total. The third-order valence-corrected chi connectivity index (χ3v) is 7.50. The maximum absolute atomic E-state index is 12.7. The summed E-state index contributed by atoms with van der Waals surface area (Å²) < 4.78 is 31.6. The number of hydrogen-bond donors (Lipinski definition) is 1. The lowest BCUT2D eigenvalue weighted by Crippen LogP contribution is -2.50. The fourth-order valence-electron chi connectivity index (χ4n) is 3.75. The van der Waals surface area contributed by atoms with E-state index in [2.05, 4.69) is 10.2 Å². The summed E-state index contributed by atoms with van der Waals surface area (Å²) in [6.45, 7) is 4.94. The van der Waals surface area contributed by atoms with E-state index in [-0.39, 0.29) is 16.9 Å². The highest BCUT2D eigenvalue weighted by Crippen LogP contribution is 2.20. The molecule has 2 saturated heterocycles. The highest BCUT2D eigenvalue weighted by Gasteiger charge is 2.26. The van der Waals surface area contributed by atoms with Crippen molar-refractivity contribution in [3.63, 3.8) is 0 Å². The van der Waals surface area contributed by atoms with Gasteiger partial charge in [-0.3, -0.25) is 9.69 Å². The summed E-state index contributed by atoms with van der Waals surface area (Å²) in [6, 6.07) is 6.12. The van der Waals surface area contributed by atoms with Crippen molar-refractivity contribution in [3.8, 4) is 0 Å². The van der Waals surface area contributed by atoms with E-state index in [4.69, 9.17) is 4.74 Å². The molecule has 2 amide bonds. The maximum Gasteiger partial charge on any atom is 0.409 e. The summed E-state index contributed by atoms with van der Waals surface area (Å²) in [4.78, 5) is 27.9. The third-order valence-electron chi connectivity index (χ3n) is 5.59. The van der Waals surface area contributed by atoms with E-state index in [0.29, 0.717) is 44.8 Å². The number of piperidine rings is 1. The van der Waals surface area contributed by atoms with E-state index in [1.165, 1.54) is 23.5 Å². The molecule has 0 unspecified atom stereocenters. The molecule has 1 aromatic rings. The van der Waals surface area contributed by atoms with Gasteiger partial charge >= 0.3 is 6.09 Å². The van der Waals surface area contributed by atoms with Gasteiger partial charge in [0.2, 0.25) is 10.0 Å². The zero-order valence-electron chi connectivity index (χ0n) is 17.4. The van der Waals surface area contributed by atoms with Crippen molar-refractivity contribution >= 4 is 22.0 Å². The molecule has 0 aliphatic carbocycles.